The Bertz CT molecular complexity index is 1040. The van der Waals surface area contributed by atoms with Gasteiger partial charge in [-0.05, 0) is 50.2 Å². The molecule has 0 saturated heterocycles. The van der Waals surface area contributed by atoms with Crippen LogP contribution in [0, 0.1) is 5.82 Å². The van der Waals surface area contributed by atoms with Crippen molar-refractivity contribution in [3.63, 3.8) is 0 Å². The van der Waals surface area contributed by atoms with E-state index in [2.05, 4.69) is 15.6 Å². The maximum atomic E-state index is 13.4. The monoisotopic (exact) mass is 383 g/mol. The third-order valence-electron chi connectivity index (χ3n) is 4.13. The number of aromatic nitrogens is 3. The fraction of sp³-hybridized carbons (Fsp3) is 0.250. The Kier molecular flexibility index (Phi) is 5.58. The van der Waals surface area contributed by atoms with Crippen molar-refractivity contribution in [1.82, 2.24) is 19.4 Å². The van der Waals surface area contributed by atoms with E-state index in [1.54, 1.807) is 18.5 Å². The van der Waals surface area contributed by atoms with E-state index < -0.39 is 5.82 Å². The lowest BCUT2D eigenvalue weighted by atomic mass is 10.2. The highest BCUT2D eigenvalue weighted by molar-refractivity contribution is 5.75. The molecule has 8 heteroatoms. The Morgan fingerprint density at radius 1 is 1.21 bits per heavy atom. The van der Waals surface area contributed by atoms with E-state index >= 15 is 0 Å². The lowest BCUT2D eigenvalue weighted by molar-refractivity contribution is -0.121. The van der Waals surface area contributed by atoms with Crippen molar-refractivity contribution in [3.8, 4) is 16.9 Å². The maximum Gasteiger partial charge on any atom is 0.333 e. The zero-order valence-corrected chi connectivity index (χ0v) is 15.9. The number of nitrogens with one attached hydrogen (secondary N) is 2. The second-order valence-electron chi connectivity index (χ2n) is 6.64. The Morgan fingerprint density at radius 2 is 1.93 bits per heavy atom. The number of likely N-dealkylation sites (N-methyl/N-ethyl adjacent to an activating group) is 1. The van der Waals surface area contributed by atoms with Gasteiger partial charge in [0.2, 0.25) is 5.91 Å². The van der Waals surface area contributed by atoms with Crippen LogP contribution < -0.4 is 16.3 Å². The molecule has 1 amide bonds. The average Bonchev–Trinajstić information content (AvgIpc) is 2.98. The molecule has 3 rings (SSSR count). The van der Waals surface area contributed by atoms with Gasteiger partial charge in [0.1, 0.15) is 18.2 Å². The number of hydrogen-bond acceptors (Lipinski definition) is 4. The summed E-state index contributed by atoms with van der Waals surface area (Å²) in [7, 11) is 1.51. The molecule has 1 aromatic carbocycles. The van der Waals surface area contributed by atoms with E-state index in [0.29, 0.717) is 17.2 Å². The quantitative estimate of drug-likeness (QED) is 0.685. The standard InChI is InChI=1S/C20H22FN5O2/c1-13(2)24-18-10-14(8-9-23-18)17-11-25(12-19(27)22-3)20(28)26(17)16-6-4-15(21)5-7-16/h4-11,13H,12H2,1-3H3,(H,22,27)(H,23,24). The fourth-order valence-electron chi connectivity index (χ4n) is 2.85. The number of nitrogens with zero attached hydrogens (tertiary/aromatic N) is 3. The van der Waals surface area contributed by atoms with Gasteiger partial charge in [0.15, 0.2) is 0 Å². The second kappa shape index (κ2) is 8.08. The van der Waals surface area contributed by atoms with Gasteiger partial charge < -0.3 is 10.6 Å². The van der Waals surface area contributed by atoms with Crippen LogP contribution >= 0.6 is 0 Å². The maximum absolute atomic E-state index is 13.4. The Morgan fingerprint density at radius 3 is 2.57 bits per heavy atom. The largest absolute Gasteiger partial charge is 0.368 e. The van der Waals surface area contributed by atoms with Gasteiger partial charge in [-0.3, -0.25) is 13.9 Å². The molecule has 2 aromatic heterocycles. The molecule has 28 heavy (non-hydrogen) atoms. The molecule has 0 aliphatic rings. The molecule has 0 saturated carbocycles. The predicted molar refractivity (Wildman–Crippen MR) is 106 cm³/mol. The summed E-state index contributed by atoms with van der Waals surface area (Å²) in [6.07, 6.45) is 3.27. The van der Waals surface area contributed by atoms with Crippen molar-refractivity contribution in [3.05, 3.63) is 65.1 Å². The minimum Gasteiger partial charge on any atom is -0.368 e. The van der Waals surface area contributed by atoms with Crippen molar-refractivity contribution < 1.29 is 9.18 Å². The normalized spacial score (nSPS) is 10.9. The van der Waals surface area contributed by atoms with Gasteiger partial charge in [-0.1, -0.05) is 0 Å². The van der Waals surface area contributed by atoms with Gasteiger partial charge in [-0.15, -0.1) is 0 Å². The molecule has 0 unspecified atom stereocenters. The zero-order valence-electron chi connectivity index (χ0n) is 15.9. The van der Waals surface area contributed by atoms with Gasteiger partial charge in [-0.25, -0.2) is 14.2 Å². The molecule has 2 heterocycles. The number of amides is 1. The Labute approximate surface area is 161 Å². The molecule has 3 aromatic rings. The number of rotatable bonds is 6. The molecule has 0 radical (unpaired) electrons. The summed E-state index contributed by atoms with van der Waals surface area (Å²) in [4.78, 5) is 29.1. The van der Waals surface area contributed by atoms with Gasteiger partial charge >= 0.3 is 5.69 Å². The summed E-state index contributed by atoms with van der Waals surface area (Å²) in [6.45, 7) is 3.89. The van der Waals surface area contributed by atoms with Crippen LogP contribution in [0.2, 0.25) is 0 Å². The lowest BCUT2D eigenvalue weighted by Crippen LogP contribution is -2.30. The number of pyridine rings is 1. The van der Waals surface area contributed by atoms with Crippen molar-refractivity contribution in [2.24, 2.45) is 0 Å². The number of benzene rings is 1. The zero-order chi connectivity index (χ0) is 20.3. The summed E-state index contributed by atoms with van der Waals surface area (Å²) < 4.78 is 16.1. The smallest absolute Gasteiger partial charge is 0.333 e. The topological polar surface area (TPSA) is 81.0 Å². The van der Waals surface area contributed by atoms with E-state index in [1.807, 2.05) is 19.9 Å². The van der Waals surface area contributed by atoms with Crippen LogP contribution in [0.4, 0.5) is 10.2 Å². The van der Waals surface area contributed by atoms with Crippen LogP contribution in [0.15, 0.2) is 53.6 Å². The minimum atomic E-state index is -0.393. The number of carbonyl (C=O) groups is 1. The molecule has 2 N–H and O–H groups in total. The highest BCUT2D eigenvalue weighted by Gasteiger charge is 2.17. The van der Waals surface area contributed by atoms with E-state index in [-0.39, 0.29) is 24.2 Å². The van der Waals surface area contributed by atoms with Crippen molar-refractivity contribution in [1.29, 1.82) is 0 Å². The van der Waals surface area contributed by atoms with Crippen LogP contribution in [0.5, 0.6) is 0 Å². The molecule has 0 aliphatic heterocycles. The highest BCUT2D eigenvalue weighted by Crippen LogP contribution is 2.24. The molecule has 7 nitrogen and oxygen atoms in total. The first kappa shape index (κ1) is 19.3. The van der Waals surface area contributed by atoms with Crippen molar-refractivity contribution in [2.45, 2.75) is 26.4 Å². The van der Waals surface area contributed by atoms with E-state index in [9.17, 15) is 14.0 Å². The van der Waals surface area contributed by atoms with Crippen LogP contribution in [0.1, 0.15) is 13.8 Å². The Hall–Kier alpha value is -3.42. The minimum absolute atomic E-state index is 0.112. The number of hydrogen-bond donors (Lipinski definition) is 2. The molecular weight excluding hydrogens is 361 g/mol. The van der Waals surface area contributed by atoms with Crippen LogP contribution in [-0.4, -0.2) is 33.1 Å². The number of imidazole rings is 1. The molecule has 0 bridgehead atoms. The summed E-state index contributed by atoms with van der Waals surface area (Å²) in [5.41, 5.74) is 1.44. The molecule has 0 aliphatic carbocycles. The molecule has 0 spiro atoms. The van der Waals surface area contributed by atoms with E-state index in [1.165, 1.54) is 40.4 Å². The molecule has 146 valence electrons. The van der Waals surface area contributed by atoms with E-state index in [0.717, 1.165) is 5.56 Å². The van der Waals surface area contributed by atoms with Crippen LogP contribution in [0.25, 0.3) is 16.9 Å². The van der Waals surface area contributed by atoms with Gasteiger partial charge in [0, 0.05) is 31.0 Å². The number of anilines is 1. The average molecular weight is 383 g/mol. The second-order valence-corrected chi connectivity index (χ2v) is 6.64. The lowest BCUT2D eigenvalue weighted by Gasteiger charge is -2.11. The summed E-state index contributed by atoms with van der Waals surface area (Å²) in [6, 6.07) is 9.45. The van der Waals surface area contributed by atoms with Gasteiger partial charge in [-0.2, -0.15) is 0 Å². The highest BCUT2D eigenvalue weighted by atomic mass is 19.1. The SMILES string of the molecule is CNC(=O)Cn1cc(-c2ccnc(NC(C)C)c2)n(-c2ccc(F)cc2)c1=O. The first-order chi connectivity index (χ1) is 13.4. The third-order valence-corrected chi connectivity index (χ3v) is 4.13. The van der Waals surface area contributed by atoms with Crippen molar-refractivity contribution >= 4 is 11.7 Å². The Balaban J connectivity index is 2.16. The first-order valence-corrected chi connectivity index (χ1v) is 8.90. The van der Waals surface area contributed by atoms with Gasteiger partial charge in [0.05, 0.1) is 11.4 Å². The summed E-state index contributed by atoms with van der Waals surface area (Å²) >= 11 is 0. The predicted octanol–water partition coefficient (Wildman–Crippen LogP) is 2.41. The van der Waals surface area contributed by atoms with Crippen LogP contribution in [-0.2, 0) is 11.3 Å². The number of carbonyl (C=O) groups excluding carboxylic acids is 1. The number of halogens is 1. The summed E-state index contributed by atoms with van der Waals surface area (Å²) in [5, 5.41) is 5.73. The van der Waals surface area contributed by atoms with Gasteiger partial charge in [0.25, 0.3) is 0 Å². The van der Waals surface area contributed by atoms with Crippen molar-refractivity contribution in [2.75, 3.05) is 12.4 Å². The summed E-state index contributed by atoms with van der Waals surface area (Å²) in [5.74, 6) is -0.0121. The van der Waals surface area contributed by atoms with E-state index in [4.69, 9.17) is 0 Å². The molecule has 0 fully saturated rings. The third kappa shape index (κ3) is 4.11. The molecular formula is C20H22FN5O2. The molecule has 0 atom stereocenters. The first-order valence-electron chi connectivity index (χ1n) is 8.90. The van der Waals surface area contributed by atoms with Crippen LogP contribution in [0.3, 0.4) is 0 Å². The fourth-order valence-corrected chi connectivity index (χ4v) is 2.85.